The molecular formula is C9H12O2Se2. The summed E-state index contributed by atoms with van der Waals surface area (Å²) in [6.45, 7) is 2.18. The van der Waals surface area contributed by atoms with Gasteiger partial charge in [-0.3, -0.25) is 0 Å². The van der Waals surface area contributed by atoms with Crippen LogP contribution in [0.15, 0.2) is 24.3 Å². The van der Waals surface area contributed by atoms with Crippen molar-refractivity contribution >= 4 is 26.6 Å². The normalized spacial score (nSPS) is 9.92. The molecule has 2 nitrogen and oxygen atoms in total. The zero-order valence-corrected chi connectivity index (χ0v) is 10.8. The molecule has 0 spiro atoms. The van der Waals surface area contributed by atoms with Gasteiger partial charge in [-0.2, -0.15) is 0 Å². The fourth-order valence-electron chi connectivity index (χ4n) is 0.706. The number of benzene rings is 1. The minimum absolute atomic E-state index is 0.224. The molecule has 0 amide bonds. The Morgan fingerprint density at radius 3 is 2.85 bits per heavy atom. The van der Waals surface area contributed by atoms with E-state index in [0.29, 0.717) is 18.9 Å². The number of rotatable bonds is 5. The van der Waals surface area contributed by atoms with Crippen LogP contribution in [0.3, 0.4) is 0 Å². The molecule has 4 heteroatoms. The first-order valence-electron chi connectivity index (χ1n) is 4.08. The first-order chi connectivity index (χ1) is 6.34. The SMILES string of the molecule is CCC[Se][Se]Oc1ccccc1O. The molecule has 0 aliphatic carbocycles. The Hall–Kier alpha value is -0.141. The predicted molar refractivity (Wildman–Crippen MR) is 55.3 cm³/mol. The van der Waals surface area contributed by atoms with Gasteiger partial charge in [0.05, 0.1) is 0 Å². The molecular weight excluding hydrogens is 298 g/mol. The molecule has 0 saturated heterocycles. The number of phenolic OH excluding ortho intramolecular Hbond substituents is 1. The number of para-hydroxylation sites is 2. The third kappa shape index (κ3) is 4.06. The van der Waals surface area contributed by atoms with Crippen molar-refractivity contribution in [1.29, 1.82) is 0 Å². The van der Waals surface area contributed by atoms with Gasteiger partial charge in [0.1, 0.15) is 0 Å². The molecule has 0 fully saturated rings. The molecule has 0 aliphatic heterocycles. The van der Waals surface area contributed by atoms with Crippen LogP contribution >= 0.6 is 0 Å². The average molecular weight is 310 g/mol. The van der Waals surface area contributed by atoms with Crippen LogP contribution in [-0.4, -0.2) is 31.7 Å². The quantitative estimate of drug-likeness (QED) is 0.664. The summed E-state index contributed by atoms with van der Waals surface area (Å²) in [5.74, 6) is 0.872. The van der Waals surface area contributed by atoms with E-state index in [1.54, 1.807) is 18.2 Å². The Morgan fingerprint density at radius 1 is 1.38 bits per heavy atom. The van der Waals surface area contributed by atoms with Crippen molar-refractivity contribution in [3.05, 3.63) is 24.3 Å². The monoisotopic (exact) mass is 312 g/mol. The van der Waals surface area contributed by atoms with Gasteiger partial charge in [0.25, 0.3) is 0 Å². The first kappa shape index (κ1) is 10.9. The first-order valence-corrected chi connectivity index (χ1v) is 10.3. The fourth-order valence-corrected chi connectivity index (χ4v) is 5.63. The van der Waals surface area contributed by atoms with Crippen LogP contribution in [0.5, 0.6) is 11.5 Å². The van der Waals surface area contributed by atoms with Crippen LogP contribution in [0.2, 0.25) is 5.32 Å². The Labute approximate surface area is 89.9 Å². The van der Waals surface area contributed by atoms with Gasteiger partial charge in [-0.25, -0.2) is 0 Å². The van der Waals surface area contributed by atoms with E-state index in [-0.39, 0.29) is 19.2 Å². The zero-order chi connectivity index (χ0) is 9.52. The predicted octanol–water partition coefficient (Wildman–Crippen LogP) is 1.84. The summed E-state index contributed by atoms with van der Waals surface area (Å²) in [4.78, 5) is 0. The molecule has 0 atom stereocenters. The van der Waals surface area contributed by atoms with Gasteiger partial charge < -0.3 is 0 Å². The Balaban J connectivity index is 2.32. The fraction of sp³-hybridized carbons (Fsp3) is 0.333. The molecule has 0 radical (unpaired) electrons. The summed E-state index contributed by atoms with van der Waals surface area (Å²) in [6.07, 6.45) is 1.23. The van der Waals surface area contributed by atoms with Crippen LogP contribution in [-0.2, 0) is 0 Å². The molecule has 1 N–H and O–H groups in total. The number of phenols is 1. The van der Waals surface area contributed by atoms with Gasteiger partial charge in [0.15, 0.2) is 0 Å². The van der Waals surface area contributed by atoms with E-state index in [0.717, 1.165) is 0 Å². The second kappa shape index (κ2) is 6.33. The van der Waals surface area contributed by atoms with Crippen molar-refractivity contribution < 1.29 is 8.93 Å². The Morgan fingerprint density at radius 2 is 2.15 bits per heavy atom. The molecule has 1 aromatic carbocycles. The zero-order valence-electron chi connectivity index (χ0n) is 7.40. The van der Waals surface area contributed by atoms with Crippen molar-refractivity contribution in [2.75, 3.05) is 0 Å². The van der Waals surface area contributed by atoms with Crippen LogP contribution in [0.25, 0.3) is 0 Å². The Kier molecular flexibility index (Phi) is 5.33. The van der Waals surface area contributed by atoms with Crippen molar-refractivity contribution in [1.82, 2.24) is 0 Å². The molecule has 1 aromatic rings. The molecule has 0 unspecified atom stereocenters. The van der Waals surface area contributed by atoms with E-state index >= 15 is 0 Å². The molecule has 1 rings (SSSR count). The molecule has 0 aliphatic rings. The third-order valence-electron chi connectivity index (χ3n) is 1.32. The van der Waals surface area contributed by atoms with Crippen molar-refractivity contribution in [3.63, 3.8) is 0 Å². The van der Waals surface area contributed by atoms with E-state index in [9.17, 15) is 5.11 Å². The van der Waals surface area contributed by atoms with Crippen LogP contribution < -0.4 is 3.82 Å². The van der Waals surface area contributed by atoms with E-state index in [1.165, 1.54) is 11.7 Å². The second-order valence-electron chi connectivity index (χ2n) is 2.44. The molecule has 0 heterocycles. The van der Waals surface area contributed by atoms with E-state index in [1.807, 2.05) is 6.07 Å². The maximum atomic E-state index is 9.36. The summed E-state index contributed by atoms with van der Waals surface area (Å²) >= 11 is 0.825. The number of hydrogen-bond donors (Lipinski definition) is 1. The van der Waals surface area contributed by atoms with Gasteiger partial charge in [0.2, 0.25) is 0 Å². The van der Waals surface area contributed by atoms with Crippen molar-refractivity contribution in [3.8, 4) is 11.5 Å². The number of aromatic hydroxyl groups is 1. The summed E-state index contributed by atoms with van der Waals surface area (Å²) in [6, 6.07) is 7.13. The molecule has 13 heavy (non-hydrogen) atoms. The van der Waals surface area contributed by atoms with E-state index < -0.39 is 0 Å². The minimum atomic E-state index is 0.224. The Bertz CT molecular complexity index is 253. The maximum absolute atomic E-state index is 9.36. The van der Waals surface area contributed by atoms with Crippen LogP contribution in [0, 0.1) is 0 Å². The average Bonchev–Trinajstić information content (AvgIpc) is 2.15. The van der Waals surface area contributed by atoms with Crippen molar-refractivity contribution in [2.45, 2.75) is 18.7 Å². The third-order valence-corrected chi connectivity index (χ3v) is 6.86. The topological polar surface area (TPSA) is 29.5 Å². The molecule has 0 saturated carbocycles. The number of hydrogen-bond acceptors (Lipinski definition) is 2. The second-order valence-corrected chi connectivity index (χ2v) is 8.48. The summed E-state index contributed by atoms with van der Waals surface area (Å²) < 4.78 is 5.48. The van der Waals surface area contributed by atoms with E-state index in [4.69, 9.17) is 3.82 Å². The van der Waals surface area contributed by atoms with Gasteiger partial charge in [-0.15, -0.1) is 0 Å². The summed E-state index contributed by atoms with van der Waals surface area (Å²) in [7, 11) is 0. The van der Waals surface area contributed by atoms with Gasteiger partial charge in [-0.05, 0) is 0 Å². The van der Waals surface area contributed by atoms with Crippen LogP contribution in [0.4, 0.5) is 0 Å². The standard InChI is InChI=1S/C9H12O2Se2/c1-2-7-12-13-11-9-6-4-3-5-8(9)10/h3-6,10H,2,7H2,1H3. The van der Waals surface area contributed by atoms with Crippen LogP contribution in [0.1, 0.15) is 13.3 Å². The molecule has 0 aromatic heterocycles. The molecule has 0 bridgehead atoms. The van der Waals surface area contributed by atoms with Gasteiger partial charge in [-0.1, -0.05) is 0 Å². The summed E-state index contributed by atoms with van der Waals surface area (Å²) in [5.41, 5.74) is 0. The van der Waals surface area contributed by atoms with Gasteiger partial charge in [0, 0.05) is 0 Å². The van der Waals surface area contributed by atoms with Gasteiger partial charge >= 0.3 is 89.9 Å². The van der Waals surface area contributed by atoms with E-state index in [2.05, 4.69) is 6.92 Å². The molecule has 72 valence electrons. The van der Waals surface area contributed by atoms with Crippen molar-refractivity contribution in [2.24, 2.45) is 0 Å². The summed E-state index contributed by atoms with van der Waals surface area (Å²) in [5, 5.41) is 10.6.